The Kier molecular flexibility index (Phi) is 6.86. The summed E-state index contributed by atoms with van der Waals surface area (Å²) in [6.07, 6.45) is -0.461. The number of halogens is 3. The van der Waals surface area contributed by atoms with Gasteiger partial charge in [-0.05, 0) is 59.5 Å². The molecular formula is C28H24F3NO. The summed E-state index contributed by atoms with van der Waals surface area (Å²) in [5.74, 6) is 6.41. The molecule has 0 aliphatic rings. The van der Waals surface area contributed by atoms with E-state index in [2.05, 4.69) is 36.2 Å². The SMILES string of the molecule is CCCc1ccc(C#Cc2coc3ccc(CNCc4ccc(C(F)(F)F)cc4)cc23)cc1. The highest BCUT2D eigenvalue weighted by atomic mass is 19.4. The predicted octanol–water partition coefficient (Wildman–Crippen LogP) is 7.09. The molecule has 0 radical (unpaired) electrons. The fraction of sp³-hybridized carbons (Fsp3) is 0.214. The van der Waals surface area contributed by atoms with Crippen molar-refractivity contribution in [3.63, 3.8) is 0 Å². The van der Waals surface area contributed by atoms with Crippen LogP contribution in [0.25, 0.3) is 11.0 Å². The highest BCUT2D eigenvalue weighted by Crippen LogP contribution is 2.29. The van der Waals surface area contributed by atoms with Gasteiger partial charge in [-0.15, -0.1) is 0 Å². The first kappa shape index (κ1) is 22.7. The Morgan fingerprint density at radius 1 is 0.818 bits per heavy atom. The number of hydrogen-bond acceptors (Lipinski definition) is 2. The largest absolute Gasteiger partial charge is 0.463 e. The Labute approximate surface area is 191 Å². The van der Waals surface area contributed by atoms with E-state index in [9.17, 15) is 13.2 Å². The molecule has 168 valence electrons. The summed E-state index contributed by atoms with van der Waals surface area (Å²) in [4.78, 5) is 0. The van der Waals surface area contributed by atoms with Gasteiger partial charge in [0.2, 0.25) is 0 Å². The fourth-order valence-electron chi connectivity index (χ4n) is 3.63. The molecule has 0 bridgehead atoms. The van der Waals surface area contributed by atoms with Gasteiger partial charge in [-0.2, -0.15) is 13.2 Å². The Morgan fingerprint density at radius 2 is 1.48 bits per heavy atom. The smallest absolute Gasteiger partial charge is 0.416 e. The zero-order valence-corrected chi connectivity index (χ0v) is 18.3. The van der Waals surface area contributed by atoms with Crippen LogP contribution in [0.3, 0.4) is 0 Å². The molecular weight excluding hydrogens is 423 g/mol. The van der Waals surface area contributed by atoms with E-state index in [0.717, 1.165) is 58.2 Å². The lowest BCUT2D eigenvalue weighted by Crippen LogP contribution is -2.13. The molecule has 33 heavy (non-hydrogen) atoms. The Bertz CT molecular complexity index is 1270. The number of alkyl halides is 3. The molecule has 0 unspecified atom stereocenters. The van der Waals surface area contributed by atoms with Crippen LogP contribution in [0.15, 0.2) is 77.4 Å². The average Bonchev–Trinajstić information content (AvgIpc) is 3.21. The molecule has 1 heterocycles. The zero-order chi connectivity index (χ0) is 23.3. The maximum Gasteiger partial charge on any atom is 0.416 e. The molecule has 1 aromatic heterocycles. The van der Waals surface area contributed by atoms with E-state index in [1.54, 1.807) is 6.26 Å². The Balaban J connectivity index is 1.42. The molecule has 4 aromatic rings. The lowest BCUT2D eigenvalue weighted by Gasteiger charge is -2.09. The first-order valence-electron chi connectivity index (χ1n) is 10.9. The van der Waals surface area contributed by atoms with Gasteiger partial charge in [-0.25, -0.2) is 0 Å². The second-order valence-corrected chi connectivity index (χ2v) is 7.98. The van der Waals surface area contributed by atoms with Crippen LogP contribution < -0.4 is 5.32 Å². The molecule has 0 aliphatic heterocycles. The topological polar surface area (TPSA) is 25.2 Å². The van der Waals surface area contributed by atoms with Crippen molar-refractivity contribution in [1.82, 2.24) is 5.32 Å². The summed E-state index contributed by atoms with van der Waals surface area (Å²) in [6.45, 7) is 3.21. The number of aryl methyl sites for hydroxylation is 1. The van der Waals surface area contributed by atoms with E-state index in [0.29, 0.717) is 13.1 Å². The quantitative estimate of drug-likeness (QED) is 0.319. The standard InChI is InChI=1S/C28H24F3NO/c1-2-3-20-4-6-21(7-5-20)8-12-24-19-33-27-15-11-23(16-26(24)27)18-32-17-22-9-13-25(14-10-22)28(29,30)31/h4-7,9-11,13-16,19,32H,2-3,17-18H2,1H3. The summed E-state index contributed by atoms with van der Waals surface area (Å²) >= 11 is 0. The number of furan rings is 1. The molecule has 0 saturated carbocycles. The van der Waals surface area contributed by atoms with Crippen molar-refractivity contribution in [2.75, 3.05) is 0 Å². The second-order valence-electron chi connectivity index (χ2n) is 7.98. The van der Waals surface area contributed by atoms with Gasteiger partial charge in [0, 0.05) is 24.0 Å². The van der Waals surface area contributed by atoms with E-state index < -0.39 is 11.7 Å². The van der Waals surface area contributed by atoms with Gasteiger partial charge < -0.3 is 9.73 Å². The van der Waals surface area contributed by atoms with Crippen molar-refractivity contribution < 1.29 is 17.6 Å². The van der Waals surface area contributed by atoms with Crippen LogP contribution in [-0.2, 0) is 25.7 Å². The van der Waals surface area contributed by atoms with Crippen LogP contribution in [0.1, 0.15) is 46.7 Å². The summed E-state index contributed by atoms with van der Waals surface area (Å²) < 4.78 is 43.7. The molecule has 0 fully saturated rings. The van der Waals surface area contributed by atoms with Crippen molar-refractivity contribution in [2.24, 2.45) is 0 Å². The third-order valence-electron chi connectivity index (χ3n) is 5.41. The van der Waals surface area contributed by atoms with E-state index >= 15 is 0 Å². The summed E-state index contributed by atoms with van der Waals surface area (Å²) in [5.41, 5.74) is 5.06. The van der Waals surface area contributed by atoms with Crippen molar-refractivity contribution >= 4 is 11.0 Å². The van der Waals surface area contributed by atoms with Crippen LogP contribution in [0, 0.1) is 11.8 Å². The third-order valence-corrected chi connectivity index (χ3v) is 5.41. The van der Waals surface area contributed by atoms with E-state index in [1.165, 1.54) is 17.7 Å². The maximum atomic E-state index is 12.7. The first-order chi connectivity index (χ1) is 15.9. The van der Waals surface area contributed by atoms with Crippen LogP contribution in [0.5, 0.6) is 0 Å². The predicted molar refractivity (Wildman–Crippen MR) is 125 cm³/mol. The van der Waals surface area contributed by atoms with Crippen molar-refractivity contribution in [3.8, 4) is 11.8 Å². The third kappa shape index (κ3) is 5.85. The van der Waals surface area contributed by atoms with Gasteiger partial charge in [-0.3, -0.25) is 0 Å². The molecule has 0 amide bonds. The number of rotatable bonds is 6. The van der Waals surface area contributed by atoms with Gasteiger partial charge in [0.1, 0.15) is 11.8 Å². The number of fused-ring (bicyclic) bond motifs is 1. The number of benzene rings is 3. The molecule has 0 aliphatic carbocycles. The average molecular weight is 448 g/mol. The lowest BCUT2D eigenvalue weighted by atomic mass is 10.1. The first-order valence-corrected chi connectivity index (χ1v) is 10.9. The lowest BCUT2D eigenvalue weighted by molar-refractivity contribution is -0.137. The molecule has 5 heteroatoms. The zero-order valence-electron chi connectivity index (χ0n) is 18.3. The summed E-state index contributed by atoms with van der Waals surface area (Å²) in [6, 6.07) is 19.4. The normalized spacial score (nSPS) is 11.4. The fourth-order valence-corrected chi connectivity index (χ4v) is 3.63. The number of nitrogens with one attached hydrogen (secondary N) is 1. The molecule has 0 atom stereocenters. The molecule has 0 spiro atoms. The molecule has 0 saturated heterocycles. The Morgan fingerprint density at radius 3 is 2.18 bits per heavy atom. The second kappa shape index (κ2) is 9.97. The minimum Gasteiger partial charge on any atom is -0.463 e. The van der Waals surface area contributed by atoms with Crippen molar-refractivity contribution in [2.45, 2.75) is 39.0 Å². The van der Waals surface area contributed by atoms with Gasteiger partial charge in [0.15, 0.2) is 0 Å². The monoisotopic (exact) mass is 447 g/mol. The van der Waals surface area contributed by atoms with Gasteiger partial charge in [0.25, 0.3) is 0 Å². The van der Waals surface area contributed by atoms with Crippen molar-refractivity contribution in [3.05, 3.63) is 106 Å². The summed E-state index contributed by atoms with van der Waals surface area (Å²) in [7, 11) is 0. The Hall–Kier alpha value is -3.49. The van der Waals surface area contributed by atoms with Crippen LogP contribution in [0.2, 0.25) is 0 Å². The van der Waals surface area contributed by atoms with Gasteiger partial charge >= 0.3 is 6.18 Å². The van der Waals surface area contributed by atoms with Crippen LogP contribution in [0.4, 0.5) is 13.2 Å². The molecule has 4 rings (SSSR count). The minimum atomic E-state index is -4.31. The van der Waals surface area contributed by atoms with E-state index in [-0.39, 0.29) is 0 Å². The van der Waals surface area contributed by atoms with Gasteiger partial charge in [0.05, 0.1) is 11.1 Å². The maximum absolute atomic E-state index is 12.7. The molecule has 3 aromatic carbocycles. The summed E-state index contributed by atoms with van der Waals surface area (Å²) in [5, 5.41) is 4.22. The molecule has 1 N–H and O–H groups in total. The van der Waals surface area contributed by atoms with E-state index in [1.807, 2.05) is 30.3 Å². The highest BCUT2D eigenvalue weighted by Gasteiger charge is 2.29. The number of hydrogen-bond donors (Lipinski definition) is 1. The van der Waals surface area contributed by atoms with Crippen molar-refractivity contribution in [1.29, 1.82) is 0 Å². The van der Waals surface area contributed by atoms with Crippen LogP contribution in [-0.4, -0.2) is 0 Å². The van der Waals surface area contributed by atoms with Gasteiger partial charge in [-0.1, -0.05) is 55.5 Å². The van der Waals surface area contributed by atoms with Crippen LogP contribution >= 0.6 is 0 Å². The molecule has 2 nitrogen and oxygen atoms in total. The highest BCUT2D eigenvalue weighted by molar-refractivity contribution is 5.84. The minimum absolute atomic E-state index is 0.474. The van der Waals surface area contributed by atoms with E-state index in [4.69, 9.17) is 4.42 Å².